The van der Waals surface area contributed by atoms with Gasteiger partial charge in [-0.25, -0.2) is 0 Å². The number of nitrogens with one attached hydrogen (secondary N) is 1. The van der Waals surface area contributed by atoms with Crippen LogP contribution in [-0.4, -0.2) is 35.5 Å². The van der Waals surface area contributed by atoms with Gasteiger partial charge in [0.1, 0.15) is 0 Å². The zero-order valence-electron chi connectivity index (χ0n) is 14.3. The summed E-state index contributed by atoms with van der Waals surface area (Å²) in [6, 6.07) is 16.0. The zero-order chi connectivity index (χ0) is 17.2. The highest BCUT2D eigenvalue weighted by atomic mass is 16.3. The Morgan fingerprint density at radius 1 is 1.08 bits per heavy atom. The van der Waals surface area contributed by atoms with Crippen LogP contribution in [0, 0.1) is 0 Å². The van der Waals surface area contributed by atoms with E-state index in [1.807, 2.05) is 42.5 Å². The summed E-state index contributed by atoms with van der Waals surface area (Å²) in [5, 5.41) is 13.4. The van der Waals surface area contributed by atoms with Crippen molar-refractivity contribution < 1.29 is 9.90 Å². The Labute approximate surface area is 148 Å². The minimum Gasteiger partial charge on any atom is -0.387 e. The van der Waals surface area contributed by atoms with Crippen molar-refractivity contribution in [1.82, 2.24) is 10.2 Å². The third-order valence-corrected chi connectivity index (χ3v) is 5.53. The third kappa shape index (κ3) is 3.32. The number of hydrogen-bond donors (Lipinski definition) is 2. The number of nitrogens with zero attached hydrogens (tertiary/aromatic N) is 1. The number of β-amino-alcohol motifs (C(OH)–C–C–N with tert-alkyl or cyclic N) is 1. The number of likely N-dealkylation sites (tertiary alicyclic amines) is 1. The lowest BCUT2D eigenvalue weighted by molar-refractivity contribution is 0.0964. The van der Waals surface area contributed by atoms with Gasteiger partial charge in [-0.15, -0.1) is 0 Å². The van der Waals surface area contributed by atoms with Gasteiger partial charge in [-0.3, -0.25) is 4.79 Å². The Morgan fingerprint density at radius 2 is 1.84 bits per heavy atom. The maximum absolute atomic E-state index is 11.9. The molecule has 130 valence electrons. The number of aliphatic hydroxyl groups excluding tert-OH is 1. The quantitative estimate of drug-likeness (QED) is 0.903. The molecule has 1 saturated heterocycles. The molecule has 0 aromatic heterocycles. The summed E-state index contributed by atoms with van der Waals surface area (Å²) in [5.74, 6) is 0.563. The molecule has 0 saturated carbocycles. The van der Waals surface area contributed by atoms with E-state index in [2.05, 4.69) is 16.3 Å². The summed E-state index contributed by atoms with van der Waals surface area (Å²) in [5.41, 5.74) is 4.35. The van der Waals surface area contributed by atoms with E-state index in [0.717, 1.165) is 37.1 Å². The molecule has 2 aliphatic rings. The first-order valence-electron chi connectivity index (χ1n) is 9.07. The number of amides is 1. The summed E-state index contributed by atoms with van der Waals surface area (Å²) >= 11 is 0. The monoisotopic (exact) mass is 336 g/mol. The van der Waals surface area contributed by atoms with Crippen molar-refractivity contribution in [2.24, 2.45) is 0 Å². The molecule has 0 unspecified atom stereocenters. The van der Waals surface area contributed by atoms with E-state index in [1.165, 1.54) is 11.1 Å². The second-order valence-corrected chi connectivity index (χ2v) is 7.06. The van der Waals surface area contributed by atoms with Crippen molar-refractivity contribution in [2.75, 3.05) is 19.6 Å². The molecule has 2 aromatic rings. The Morgan fingerprint density at radius 3 is 2.60 bits per heavy atom. The Bertz CT molecular complexity index is 752. The largest absolute Gasteiger partial charge is 0.387 e. The van der Waals surface area contributed by atoms with E-state index in [0.29, 0.717) is 19.0 Å². The number of carbonyl (C=O) groups is 1. The first-order chi connectivity index (χ1) is 12.2. The topological polar surface area (TPSA) is 52.6 Å². The van der Waals surface area contributed by atoms with Crippen LogP contribution >= 0.6 is 0 Å². The summed E-state index contributed by atoms with van der Waals surface area (Å²) < 4.78 is 0. The highest BCUT2D eigenvalue weighted by molar-refractivity contribution is 5.98. The van der Waals surface area contributed by atoms with Crippen molar-refractivity contribution in [2.45, 2.75) is 31.4 Å². The lowest BCUT2D eigenvalue weighted by Gasteiger charge is -2.34. The lowest BCUT2D eigenvalue weighted by atomic mass is 9.85. The summed E-state index contributed by atoms with van der Waals surface area (Å²) in [6.45, 7) is 3.32. The number of piperidine rings is 1. The highest BCUT2D eigenvalue weighted by Gasteiger charge is 2.28. The number of hydrogen-bond acceptors (Lipinski definition) is 3. The van der Waals surface area contributed by atoms with Gasteiger partial charge in [0.15, 0.2) is 0 Å². The second-order valence-electron chi connectivity index (χ2n) is 7.06. The molecule has 4 nitrogen and oxygen atoms in total. The van der Waals surface area contributed by atoms with Gasteiger partial charge in [0.05, 0.1) is 6.10 Å². The van der Waals surface area contributed by atoms with Crippen molar-refractivity contribution in [1.29, 1.82) is 0 Å². The van der Waals surface area contributed by atoms with Crippen LogP contribution in [0.5, 0.6) is 0 Å². The number of rotatable bonds is 4. The van der Waals surface area contributed by atoms with Crippen molar-refractivity contribution in [3.05, 3.63) is 70.8 Å². The standard InChI is InChI=1S/C21H24N2O2/c24-20(16-5-2-1-3-6-16)14-23-11-9-15(10-12-23)17-7-4-8-18-19(17)13-22-21(18)25/h1-8,15,20,24H,9-14H2,(H,22,25)/t20-/m1/s1. The molecule has 1 amide bonds. The van der Waals surface area contributed by atoms with Crippen LogP contribution < -0.4 is 5.32 Å². The van der Waals surface area contributed by atoms with Crippen LogP contribution in [0.1, 0.15) is 51.9 Å². The SMILES string of the molecule is O=C1NCc2c1cccc2C1CCN(C[C@@H](O)c2ccccc2)CC1. The normalized spacial score (nSPS) is 19.5. The molecule has 4 heteroatoms. The van der Waals surface area contributed by atoms with Crippen LogP contribution in [0.3, 0.4) is 0 Å². The molecule has 2 N–H and O–H groups in total. The van der Waals surface area contributed by atoms with Gasteiger partial charge < -0.3 is 15.3 Å². The van der Waals surface area contributed by atoms with Gasteiger partial charge in [0.25, 0.3) is 5.91 Å². The average molecular weight is 336 g/mol. The fraction of sp³-hybridized carbons (Fsp3) is 0.381. The smallest absolute Gasteiger partial charge is 0.251 e. The fourth-order valence-corrected chi connectivity index (χ4v) is 4.11. The minimum atomic E-state index is -0.430. The fourth-order valence-electron chi connectivity index (χ4n) is 4.11. The molecular formula is C21H24N2O2. The minimum absolute atomic E-state index is 0.0558. The third-order valence-electron chi connectivity index (χ3n) is 5.53. The molecule has 0 radical (unpaired) electrons. The summed E-state index contributed by atoms with van der Waals surface area (Å²) in [7, 11) is 0. The summed E-state index contributed by atoms with van der Waals surface area (Å²) in [4.78, 5) is 14.2. The second kappa shape index (κ2) is 6.98. The highest BCUT2D eigenvalue weighted by Crippen LogP contribution is 2.33. The number of carbonyl (C=O) groups excluding carboxylic acids is 1. The predicted octanol–water partition coefficient (Wildman–Crippen LogP) is 2.84. The van der Waals surface area contributed by atoms with Gasteiger partial charge >= 0.3 is 0 Å². The molecular weight excluding hydrogens is 312 g/mol. The molecule has 2 heterocycles. The first kappa shape index (κ1) is 16.3. The molecule has 1 fully saturated rings. The van der Waals surface area contributed by atoms with E-state index >= 15 is 0 Å². The van der Waals surface area contributed by atoms with Crippen molar-refractivity contribution >= 4 is 5.91 Å². The summed E-state index contributed by atoms with van der Waals surface area (Å²) in [6.07, 6.45) is 1.72. The Kier molecular flexibility index (Phi) is 4.55. The lowest BCUT2D eigenvalue weighted by Crippen LogP contribution is -2.36. The van der Waals surface area contributed by atoms with E-state index in [1.54, 1.807) is 0 Å². The van der Waals surface area contributed by atoms with E-state index < -0.39 is 6.10 Å². The number of benzene rings is 2. The maximum Gasteiger partial charge on any atom is 0.251 e. The first-order valence-corrected chi connectivity index (χ1v) is 9.07. The number of aliphatic hydroxyl groups is 1. The zero-order valence-corrected chi connectivity index (χ0v) is 14.3. The molecule has 25 heavy (non-hydrogen) atoms. The van der Waals surface area contributed by atoms with E-state index in [4.69, 9.17) is 0 Å². The number of fused-ring (bicyclic) bond motifs is 1. The Hall–Kier alpha value is -2.17. The van der Waals surface area contributed by atoms with Gasteiger partial charge in [-0.1, -0.05) is 42.5 Å². The van der Waals surface area contributed by atoms with Crippen LogP contribution in [-0.2, 0) is 6.54 Å². The van der Waals surface area contributed by atoms with Gasteiger partial charge in [0, 0.05) is 18.7 Å². The van der Waals surface area contributed by atoms with Crippen LogP contribution in [0.4, 0.5) is 0 Å². The van der Waals surface area contributed by atoms with Crippen LogP contribution in [0.25, 0.3) is 0 Å². The molecule has 1 atom stereocenters. The maximum atomic E-state index is 11.9. The Balaban J connectivity index is 1.39. The van der Waals surface area contributed by atoms with E-state index in [9.17, 15) is 9.90 Å². The van der Waals surface area contributed by atoms with E-state index in [-0.39, 0.29) is 5.91 Å². The van der Waals surface area contributed by atoms with Gasteiger partial charge in [-0.2, -0.15) is 0 Å². The molecule has 2 aliphatic heterocycles. The molecule has 0 spiro atoms. The molecule has 0 bridgehead atoms. The van der Waals surface area contributed by atoms with Crippen LogP contribution in [0.15, 0.2) is 48.5 Å². The average Bonchev–Trinajstić information content (AvgIpc) is 3.04. The van der Waals surface area contributed by atoms with Gasteiger partial charge in [-0.05, 0) is 54.6 Å². The molecule has 0 aliphatic carbocycles. The van der Waals surface area contributed by atoms with Crippen molar-refractivity contribution in [3.63, 3.8) is 0 Å². The van der Waals surface area contributed by atoms with Crippen molar-refractivity contribution in [3.8, 4) is 0 Å². The predicted molar refractivity (Wildman–Crippen MR) is 97.4 cm³/mol. The molecule has 2 aromatic carbocycles. The van der Waals surface area contributed by atoms with Gasteiger partial charge in [0.2, 0.25) is 0 Å². The van der Waals surface area contributed by atoms with Crippen LogP contribution in [0.2, 0.25) is 0 Å². The molecule has 4 rings (SSSR count).